The molecule has 0 atom stereocenters. The third-order valence-electron chi connectivity index (χ3n) is 4.15. The largest absolute Gasteiger partial charge is 0.381 e. The highest BCUT2D eigenvalue weighted by molar-refractivity contribution is 9.10. The molecule has 0 radical (unpaired) electrons. The highest BCUT2D eigenvalue weighted by Gasteiger charge is 2.36. The molecule has 0 bridgehead atoms. The number of nitrogens with one attached hydrogen (secondary N) is 1. The number of halogens is 3. The number of amides is 1. The minimum absolute atomic E-state index is 0.136. The summed E-state index contributed by atoms with van der Waals surface area (Å²) in [5.41, 5.74) is 0.521. The zero-order chi connectivity index (χ0) is 17.2. The van der Waals surface area contributed by atoms with Crippen LogP contribution in [0.15, 0.2) is 41.0 Å². The Hall–Kier alpha value is -1.50. The molecule has 1 aromatic carbocycles. The van der Waals surface area contributed by atoms with Crippen LogP contribution in [0.5, 0.6) is 0 Å². The molecule has 0 saturated carbocycles. The lowest BCUT2D eigenvalue weighted by Crippen LogP contribution is -2.49. The van der Waals surface area contributed by atoms with Crippen molar-refractivity contribution in [3.63, 3.8) is 0 Å². The lowest BCUT2D eigenvalue weighted by molar-refractivity contribution is 0.0345. The minimum atomic E-state index is -0.616. The molecule has 1 aliphatic heterocycles. The van der Waals surface area contributed by atoms with Gasteiger partial charge in [-0.2, -0.15) is 0 Å². The van der Waals surface area contributed by atoms with Crippen molar-refractivity contribution < 1.29 is 13.9 Å². The molecular formula is C17H15BrClFN2O2. The maximum Gasteiger partial charge on any atom is 0.255 e. The van der Waals surface area contributed by atoms with Crippen molar-refractivity contribution in [3.05, 3.63) is 63.1 Å². The zero-order valence-electron chi connectivity index (χ0n) is 12.7. The number of hydrogen-bond donors (Lipinski definition) is 1. The molecule has 4 nitrogen and oxygen atoms in total. The molecule has 126 valence electrons. The van der Waals surface area contributed by atoms with Crippen LogP contribution in [0, 0.1) is 5.82 Å². The Labute approximate surface area is 152 Å². The molecule has 1 aliphatic rings. The van der Waals surface area contributed by atoms with Gasteiger partial charge in [-0.25, -0.2) is 9.37 Å². The Morgan fingerprint density at radius 1 is 1.29 bits per heavy atom. The molecule has 0 aliphatic carbocycles. The van der Waals surface area contributed by atoms with Crippen LogP contribution in [-0.4, -0.2) is 24.1 Å². The van der Waals surface area contributed by atoms with Crippen molar-refractivity contribution in [2.45, 2.75) is 18.4 Å². The standard InChI is InChI=1S/C17H15BrClFN2O2/c18-12-9-14(15(19)21-10-12)16(23)22-17(5-7-24-8-6-17)11-1-3-13(20)4-2-11/h1-4,9-10H,5-8H2,(H,22,23). The van der Waals surface area contributed by atoms with E-state index in [2.05, 4.69) is 26.2 Å². The van der Waals surface area contributed by atoms with Gasteiger partial charge in [0.2, 0.25) is 0 Å². The number of benzene rings is 1. The third kappa shape index (κ3) is 3.61. The summed E-state index contributed by atoms with van der Waals surface area (Å²) in [6, 6.07) is 7.81. The summed E-state index contributed by atoms with van der Waals surface area (Å²) >= 11 is 9.35. The van der Waals surface area contributed by atoms with E-state index in [1.807, 2.05) is 0 Å². The average molecular weight is 414 g/mol. The molecule has 24 heavy (non-hydrogen) atoms. The fourth-order valence-electron chi connectivity index (χ4n) is 2.84. The number of carbonyl (C=O) groups is 1. The third-order valence-corrected chi connectivity index (χ3v) is 4.88. The molecule has 1 amide bonds. The quantitative estimate of drug-likeness (QED) is 0.772. The van der Waals surface area contributed by atoms with Gasteiger partial charge in [-0.3, -0.25) is 4.79 Å². The van der Waals surface area contributed by atoms with Crippen molar-refractivity contribution in [3.8, 4) is 0 Å². The van der Waals surface area contributed by atoms with Gasteiger partial charge in [-0.15, -0.1) is 0 Å². The molecule has 0 spiro atoms. The molecule has 1 fully saturated rings. The first-order valence-electron chi connectivity index (χ1n) is 7.47. The van der Waals surface area contributed by atoms with Crippen LogP contribution in [-0.2, 0) is 10.3 Å². The van der Waals surface area contributed by atoms with Crippen molar-refractivity contribution in [2.24, 2.45) is 0 Å². The monoisotopic (exact) mass is 412 g/mol. The predicted octanol–water partition coefficient (Wildman–Crippen LogP) is 4.07. The van der Waals surface area contributed by atoms with E-state index in [0.29, 0.717) is 36.1 Å². The Morgan fingerprint density at radius 2 is 1.96 bits per heavy atom. The summed E-state index contributed by atoms with van der Waals surface area (Å²) < 4.78 is 19.4. The van der Waals surface area contributed by atoms with Gasteiger partial charge in [0.15, 0.2) is 0 Å². The van der Waals surface area contributed by atoms with E-state index in [1.165, 1.54) is 18.3 Å². The summed E-state index contributed by atoms with van der Waals surface area (Å²) in [6.07, 6.45) is 2.73. The van der Waals surface area contributed by atoms with Gasteiger partial charge in [-0.1, -0.05) is 23.7 Å². The van der Waals surface area contributed by atoms with Crippen molar-refractivity contribution >= 4 is 33.4 Å². The summed E-state index contributed by atoms with van der Waals surface area (Å²) in [5.74, 6) is -0.633. The molecule has 0 unspecified atom stereocenters. The number of nitrogens with zero attached hydrogens (tertiary/aromatic N) is 1. The Bertz CT molecular complexity index is 749. The maximum atomic E-state index is 13.3. The number of hydrogen-bond acceptors (Lipinski definition) is 3. The first kappa shape index (κ1) is 17.3. The van der Waals surface area contributed by atoms with Gasteiger partial charge < -0.3 is 10.1 Å². The molecule has 7 heteroatoms. The first-order chi connectivity index (χ1) is 11.5. The zero-order valence-corrected chi connectivity index (χ0v) is 15.0. The molecule has 2 heterocycles. The molecule has 1 N–H and O–H groups in total. The maximum absolute atomic E-state index is 13.3. The Kier molecular flexibility index (Phi) is 5.18. The van der Waals surface area contributed by atoms with Gasteiger partial charge in [0, 0.05) is 23.9 Å². The van der Waals surface area contributed by atoms with E-state index in [-0.39, 0.29) is 16.9 Å². The summed E-state index contributed by atoms with van der Waals surface area (Å²) in [6.45, 7) is 1.03. The summed E-state index contributed by atoms with van der Waals surface area (Å²) in [4.78, 5) is 16.7. The summed E-state index contributed by atoms with van der Waals surface area (Å²) in [5, 5.41) is 3.20. The molecule has 2 aromatic rings. The second-order valence-electron chi connectivity index (χ2n) is 5.65. The topological polar surface area (TPSA) is 51.2 Å². The fraction of sp³-hybridized carbons (Fsp3) is 0.294. The smallest absolute Gasteiger partial charge is 0.255 e. The minimum Gasteiger partial charge on any atom is -0.381 e. The lowest BCUT2D eigenvalue weighted by atomic mass is 9.82. The van der Waals surface area contributed by atoms with Gasteiger partial charge in [0.25, 0.3) is 5.91 Å². The number of rotatable bonds is 3. The highest BCUT2D eigenvalue weighted by Crippen LogP contribution is 2.33. The Morgan fingerprint density at radius 3 is 2.62 bits per heavy atom. The van der Waals surface area contributed by atoms with Gasteiger partial charge in [-0.05, 0) is 52.5 Å². The van der Waals surface area contributed by atoms with Crippen LogP contribution >= 0.6 is 27.5 Å². The number of ether oxygens (including phenoxy) is 1. The average Bonchev–Trinajstić information content (AvgIpc) is 2.58. The molecular weight excluding hydrogens is 399 g/mol. The number of aromatic nitrogens is 1. The van der Waals surface area contributed by atoms with Crippen molar-refractivity contribution in [1.29, 1.82) is 0 Å². The summed E-state index contributed by atoms with van der Waals surface area (Å²) in [7, 11) is 0. The van der Waals surface area contributed by atoms with E-state index in [9.17, 15) is 9.18 Å². The molecule has 1 aromatic heterocycles. The van der Waals surface area contributed by atoms with E-state index < -0.39 is 5.54 Å². The highest BCUT2D eigenvalue weighted by atomic mass is 79.9. The number of pyridine rings is 1. The second kappa shape index (κ2) is 7.17. The van der Waals surface area contributed by atoms with Gasteiger partial charge in [0.05, 0.1) is 11.1 Å². The lowest BCUT2D eigenvalue weighted by Gasteiger charge is -2.38. The van der Waals surface area contributed by atoms with E-state index >= 15 is 0 Å². The molecule has 3 rings (SSSR count). The van der Waals surface area contributed by atoms with Crippen LogP contribution < -0.4 is 5.32 Å². The van der Waals surface area contributed by atoms with E-state index in [0.717, 1.165) is 5.56 Å². The van der Waals surface area contributed by atoms with Gasteiger partial charge in [0.1, 0.15) is 11.0 Å². The second-order valence-corrected chi connectivity index (χ2v) is 6.92. The van der Waals surface area contributed by atoms with Crippen LogP contribution in [0.2, 0.25) is 5.15 Å². The normalized spacial score (nSPS) is 16.6. The van der Waals surface area contributed by atoms with E-state index in [1.54, 1.807) is 18.2 Å². The van der Waals surface area contributed by atoms with E-state index in [4.69, 9.17) is 16.3 Å². The molecule has 1 saturated heterocycles. The Balaban J connectivity index is 1.93. The van der Waals surface area contributed by atoms with Gasteiger partial charge >= 0.3 is 0 Å². The van der Waals surface area contributed by atoms with Crippen LogP contribution in [0.1, 0.15) is 28.8 Å². The SMILES string of the molecule is O=C(NC1(c2ccc(F)cc2)CCOCC1)c1cc(Br)cnc1Cl. The van der Waals surface area contributed by atoms with Crippen LogP contribution in [0.25, 0.3) is 0 Å². The predicted molar refractivity (Wildman–Crippen MR) is 92.5 cm³/mol. The number of carbonyl (C=O) groups excluding carboxylic acids is 1. The van der Waals surface area contributed by atoms with Crippen LogP contribution in [0.3, 0.4) is 0 Å². The van der Waals surface area contributed by atoms with Crippen LogP contribution in [0.4, 0.5) is 4.39 Å². The van der Waals surface area contributed by atoms with Crippen molar-refractivity contribution in [1.82, 2.24) is 10.3 Å². The van der Waals surface area contributed by atoms with Crippen molar-refractivity contribution in [2.75, 3.05) is 13.2 Å². The first-order valence-corrected chi connectivity index (χ1v) is 8.65. The fourth-order valence-corrected chi connectivity index (χ4v) is 3.36.